The highest BCUT2D eigenvalue weighted by Crippen LogP contribution is 2.50. The molecular formula is C50H48ClFN6O7S. The van der Waals surface area contributed by atoms with Crippen molar-refractivity contribution in [1.29, 1.82) is 0 Å². The number of carboxylic acid groups (broad SMARTS) is 1. The van der Waals surface area contributed by atoms with Crippen LogP contribution in [0.5, 0.6) is 28.9 Å². The molecule has 3 aliphatic rings. The lowest BCUT2D eigenvalue weighted by Crippen LogP contribution is -2.59. The molecule has 0 unspecified atom stereocenters. The van der Waals surface area contributed by atoms with Gasteiger partial charge < -0.3 is 28.8 Å². The lowest BCUT2D eigenvalue weighted by Gasteiger charge is -2.46. The third-order valence-electron chi connectivity index (χ3n) is 12.2. The molecule has 0 radical (unpaired) electrons. The Hall–Kier alpha value is -6.39. The fourth-order valence-electron chi connectivity index (χ4n) is 8.40. The maximum Gasteiger partial charge on any atom is 0.345 e. The van der Waals surface area contributed by atoms with Crippen LogP contribution in [0.15, 0.2) is 97.5 Å². The van der Waals surface area contributed by atoms with Gasteiger partial charge in [-0.3, -0.25) is 9.80 Å². The van der Waals surface area contributed by atoms with Gasteiger partial charge in [0.25, 0.3) is 0 Å². The molecule has 4 bridgehead atoms. The van der Waals surface area contributed by atoms with Crippen LogP contribution in [-0.2, 0) is 17.8 Å². The van der Waals surface area contributed by atoms with Crippen LogP contribution in [0.4, 0.5) is 4.39 Å². The van der Waals surface area contributed by atoms with Crippen LogP contribution in [0.25, 0.3) is 43.2 Å². The van der Waals surface area contributed by atoms with Crippen molar-refractivity contribution >= 4 is 39.1 Å². The lowest BCUT2D eigenvalue weighted by atomic mass is 9.96. The second kappa shape index (κ2) is 18.8. The minimum absolute atomic E-state index is 0.0437. The monoisotopic (exact) mass is 930 g/mol. The van der Waals surface area contributed by atoms with Crippen LogP contribution in [-0.4, -0.2) is 106 Å². The van der Waals surface area contributed by atoms with Crippen molar-refractivity contribution in [3.8, 4) is 61.8 Å². The number of carboxylic acids is 1. The van der Waals surface area contributed by atoms with Crippen molar-refractivity contribution in [2.45, 2.75) is 51.5 Å². The number of aromatic nitrogens is 4. The van der Waals surface area contributed by atoms with Crippen LogP contribution in [0, 0.1) is 12.7 Å². The highest BCUT2D eigenvalue weighted by molar-refractivity contribution is 7.22. The number of methoxy groups -OCH3 is 1. The first-order valence-corrected chi connectivity index (χ1v) is 22.7. The summed E-state index contributed by atoms with van der Waals surface area (Å²) in [5.41, 5.74) is 4.59. The zero-order valence-electron chi connectivity index (χ0n) is 37.1. The molecule has 1 N–H and O–H groups in total. The highest BCUT2D eigenvalue weighted by Gasteiger charge is 2.34. The summed E-state index contributed by atoms with van der Waals surface area (Å²) in [4.78, 5) is 37.7. The molecule has 340 valence electrons. The summed E-state index contributed by atoms with van der Waals surface area (Å²) >= 11 is 8.63. The van der Waals surface area contributed by atoms with E-state index in [9.17, 15) is 14.3 Å². The molecule has 1 saturated heterocycles. The number of rotatable bonds is 9. The molecule has 13 nitrogen and oxygen atoms in total. The van der Waals surface area contributed by atoms with Crippen LogP contribution in [0.2, 0.25) is 5.02 Å². The number of nitrogens with zero attached hydrogens (tertiary/aromatic N) is 6. The van der Waals surface area contributed by atoms with Crippen LogP contribution >= 0.6 is 22.9 Å². The number of halogens is 2. The smallest absolute Gasteiger partial charge is 0.345 e. The normalized spacial score (nSPS) is 17.6. The van der Waals surface area contributed by atoms with E-state index in [1.54, 1.807) is 49.7 Å². The molecule has 0 saturated carbocycles. The number of benzene rings is 4. The van der Waals surface area contributed by atoms with Gasteiger partial charge in [0, 0.05) is 60.3 Å². The molecule has 1 fully saturated rings. The number of ether oxygens (including phenoxy) is 5. The summed E-state index contributed by atoms with van der Waals surface area (Å²) in [5.74, 6) is 0.914. The second-order valence-corrected chi connectivity index (χ2v) is 18.4. The Bertz CT molecular complexity index is 2920. The minimum Gasteiger partial charge on any atom is -0.496 e. The van der Waals surface area contributed by atoms with Gasteiger partial charge in [-0.15, -0.1) is 11.3 Å². The highest BCUT2D eigenvalue weighted by atomic mass is 35.5. The number of thiophene rings is 1. The van der Waals surface area contributed by atoms with Crippen LogP contribution in [0.3, 0.4) is 0 Å². The fourth-order valence-corrected chi connectivity index (χ4v) is 9.77. The van der Waals surface area contributed by atoms with Crippen molar-refractivity contribution in [2.24, 2.45) is 0 Å². The van der Waals surface area contributed by atoms with E-state index >= 15 is 0 Å². The van der Waals surface area contributed by atoms with Crippen molar-refractivity contribution in [2.75, 3.05) is 46.9 Å². The molecule has 0 spiro atoms. The Balaban J connectivity index is 1.14. The van der Waals surface area contributed by atoms with E-state index < -0.39 is 18.2 Å². The number of likely N-dealkylation sites (N-methyl/N-ethyl adjacent to an activating group) is 1. The predicted molar refractivity (Wildman–Crippen MR) is 252 cm³/mol. The number of fused-ring (bicyclic) bond motifs is 7. The summed E-state index contributed by atoms with van der Waals surface area (Å²) in [7, 11) is 3.73. The molecule has 4 aromatic carbocycles. The van der Waals surface area contributed by atoms with Gasteiger partial charge in [-0.1, -0.05) is 41.9 Å². The predicted octanol–water partition coefficient (Wildman–Crippen LogP) is 9.41. The van der Waals surface area contributed by atoms with E-state index in [2.05, 4.69) is 45.6 Å². The quantitative estimate of drug-likeness (QED) is 0.147. The Morgan fingerprint density at radius 1 is 0.985 bits per heavy atom. The molecule has 16 heteroatoms. The molecule has 3 aliphatic heterocycles. The number of carbonyl (C=O) groups is 1. The molecule has 2 atom stereocenters. The van der Waals surface area contributed by atoms with E-state index in [0.29, 0.717) is 73.0 Å². The van der Waals surface area contributed by atoms with Crippen molar-refractivity contribution in [3.63, 3.8) is 0 Å². The van der Waals surface area contributed by atoms with E-state index in [-0.39, 0.29) is 36.9 Å². The summed E-state index contributed by atoms with van der Waals surface area (Å²) in [6.45, 7) is 9.65. The number of piperazine rings is 1. The standard InChI is InChI=1S/C50H48ClFN6O7S/c1-29-36-15-17-40(44(29)51)64-35(24-58-21-20-57(4)50(2,3)27-58)26-62-34-14-16-38(63-25-33-18-19-53-46(56-33)37-8-6-7-9-39(37)61-5)31(22-34)23-41(49(59)60)65-47-43-42(36)45(66-48(43)55-28-54-47)30-10-12-32(52)13-11-30/h6-19,22,28,35,41H,20-21,23-27H2,1-5H3,(H,59,60)/t35-,41-/m1/s1. The molecule has 0 aliphatic carbocycles. The van der Waals surface area contributed by atoms with E-state index in [4.69, 9.17) is 40.3 Å². The van der Waals surface area contributed by atoms with Gasteiger partial charge in [0.05, 0.1) is 28.8 Å². The number of para-hydroxylation sites is 1. The van der Waals surface area contributed by atoms with E-state index in [0.717, 1.165) is 41.2 Å². The van der Waals surface area contributed by atoms with Crippen molar-refractivity contribution in [1.82, 2.24) is 29.7 Å². The number of aliphatic carboxylic acids is 1. The molecule has 66 heavy (non-hydrogen) atoms. The SMILES string of the molecule is COc1ccccc1-c1nccc(COc2ccc3cc2C[C@H](C(=O)O)Oc2ncnc4sc(-c5ccc(F)cc5)c(c24)-c2ccc(c(Cl)c2C)O[C@H](CN2CCN(C)C(C)(C)C2)CO3)n1. The third kappa shape index (κ3) is 9.34. The van der Waals surface area contributed by atoms with Gasteiger partial charge in [-0.2, -0.15) is 0 Å². The molecular weight excluding hydrogens is 883 g/mol. The third-order valence-corrected chi connectivity index (χ3v) is 13.8. The Labute approximate surface area is 390 Å². The summed E-state index contributed by atoms with van der Waals surface area (Å²) in [6, 6.07) is 24.5. The largest absolute Gasteiger partial charge is 0.496 e. The van der Waals surface area contributed by atoms with Gasteiger partial charge in [0.1, 0.15) is 59.3 Å². The van der Waals surface area contributed by atoms with Crippen LogP contribution in [0.1, 0.15) is 30.7 Å². The molecule has 6 heterocycles. The van der Waals surface area contributed by atoms with Gasteiger partial charge in [-0.25, -0.2) is 29.1 Å². The van der Waals surface area contributed by atoms with E-state index in [1.807, 2.05) is 43.3 Å². The number of hydrogen-bond donors (Lipinski definition) is 1. The molecule has 0 amide bonds. The Morgan fingerprint density at radius 2 is 1.80 bits per heavy atom. The maximum atomic E-state index is 14.3. The maximum absolute atomic E-state index is 14.3. The van der Waals surface area contributed by atoms with Crippen molar-refractivity contribution in [3.05, 3.63) is 125 Å². The van der Waals surface area contributed by atoms with Crippen molar-refractivity contribution < 1.29 is 38.0 Å². The summed E-state index contributed by atoms with van der Waals surface area (Å²) in [5, 5.41) is 11.7. The average molecular weight is 931 g/mol. The Morgan fingerprint density at radius 3 is 2.59 bits per heavy atom. The minimum atomic E-state index is -1.45. The zero-order chi connectivity index (χ0) is 46.1. The number of hydrogen-bond acceptors (Lipinski definition) is 13. The molecule has 7 aromatic rings. The first kappa shape index (κ1) is 44.8. The molecule has 10 rings (SSSR count). The Kier molecular flexibility index (Phi) is 12.8. The van der Waals surface area contributed by atoms with Gasteiger partial charge in [0.15, 0.2) is 5.82 Å². The first-order valence-electron chi connectivity index (χ1n) is 21.5. The topological polar surface area (TPSA) is 141 Å². The van der Waals surface area contributed by atoms with Gasteiger partial charge >= 0.3 is 5.97 Å². The van der Waals surface area contributed by atoms with Crippen LogP contribution < -0.4 is 23.7 Å². The lowest BCUT2D eigenvalue weighted by molar-refractivity contribution is -0.145. The zero-order valence-corrected chi connectivity index (χ0v) is 38.7. The summed E-state index contributed by atoms with van der Waals surface area (Å²) in [6.07, 6.45) is 0.950. The molecule has 3 aromatic heterocycles. The van der Waals surface area contributed by atoms with Gasteiger partial charge in [0.2, 0.25) is 12.0 Å². The average Bonchev–Trinajstić information content (AvgIpc) is 3.70. The van der Waals surface area contributed by atoms with E-state index in [1.165, 1.54) is 29.8 Å². The second-order valence-electron chi connectivity index (χ2n) is 17.0. The fraction of sp³-hybridized carbons (Fsp3) is 0.300. The van der Waals surface area contributed by atoms with Gasteiger partial charge in [-0.05, 0) is 99.1 Å². The summed E-state index contributed by atoms with van der Waals surface area (Å²) < 4.78 is 46.1. The first-order chi connectivity index (χ1) is 31.8.